The van der Waals surface area contributed by atoms with Gasteiger partial charge in [0.15, 0.2) is 0 Å². The van der Waals surface area contributed by atoms with Crippen LogP contribution in [0.1, 0.15) is 27.7 Å². The third-order valence-electron chi connectivity index (χ3n) is 1.12. The predicted octanol–water partition coefficient (Wildman–Crippen LogP) is 1.46. The highest BCUT2D eigenvalue weighted by Gasteiger charge is 2.22. The van der Waals surface area contributed by atoms with Crippen LogP contribution < -0.4 is 0 Å². The van der Waals surface area contributed by atoms with E-state index in [9.17, 15) is 9.59 Å². The van der Waals surface area contributed by atoms with Crippen LogP contribution in [0.2, 0.25) is 0 Å². The largest absolute Gasteiger partial charge is 0.480 e. The lowest BCUT2D eigenvalue weighted by molar-refractivity contribution is -0.139. The second-order valence-electron chi connectivity index (χ2n) is 4.00. The van der Waals surface area contributed by atoms with E-state index in [1.54, 1.807) is 27.7 Å². The van der Waals surface area contributed by atoms with Crippen molar-refractivity contribution in [1.29, 1.82) is 0 Å². The van der Waals surface area contributed by atoms with Gasteiger partial charge in [0.1, 0.15) is 8.65 Å². The number of rotatable bonds is 3. The summed E-state index contributed by atoms with van der Waals surface area (Å²) in [6.45, 7) is 6.06. The number of alkyl halides is 2. The van der Waals surface area contributed by atoms with Crippen LogP contribution in [0.25, 0.3) is 0 Å². The zero-order valence-electron chi connectivity index (χ0n) is 10.8. The number of carboxylic acids is 2. The zero-order chi connectivity index (χ0) is 15.6. The highest BCUT2D eigenvalue weighted by molar-refractivity contribution is 9.10. The van der Waals surface area contributed by atoms with Gasteiger partial charge in [-0.05, 0) is 27.7 Å². The molecule has 0 bridgehead atoms. The highest BCUT2D eigenvalue weighted by atomic mass is 79.9. The van der Waals surface area contributed by atoms with E-state index in [4.69, 9.17) is 20.4 Å². The van der Waals surface area contributed by atoms with Gasteiger partial charge in [0.25, 0.3) is 0 Å². The average Bonchev–Trinajstić information content (AvgIpc) is 2.16. The maximum absolute atomic E-state index is 9.97. The Labute approximate surface area is 123 Å². The highest BCUT2D eigenvalue weighted by Crippen LogP contribution is 2.14. The Morgan fingerprint density at radius 1 is 0.833 bits per heavy atom. The van der Waals surface area contributed by atoms with Gasteiger partial charge in [-0.1, -0.05) is 31.9 Å². The number of aliphatic hydroxyl groups is 2. The van der Waals surface area contributed by atoms with Crippen molar-refractivity contribution in [3.8, 4) is 0 Å². The van der Waals surface area contributed by atoms with Gasteiger partial charge in [-0.2, -0.15) is 0 Å². The van der Waals surface area contributed by atoms with Gasteiger partial charge >= 0.3 is 11.9 Å². The molecule has 0 aromatic heterocycles. The summed E-state index contributed by atoms with van der Waals surface area (Å²) >= 11 is 5.89. The quantitative estimate of drug-likeness (QED) is 0.537. The summed E-state index contributed by atoms with van der Waals surface area (Å²) in [4.78, 5) is 19.9. The Morgan fingerprint density at radius 3 is 0.944 bits per heavy atom. The lowest BCUT2D eigenvalue weighted by Gasteiger charge is -2.06. The molecule has 0 spiro atoms. The van der Waals surface area contributed by atoms with Gasteiger partial charge in [0.2, 0.25) is 0 Å². The SMILES string of the molecule is CC(C)(Br)C(=O)O.CC(C)(Br)C(=O)O.OCCO. The van der Waals surface area contributed by atoms with E-state index < -0.39 is 20.6 Å². The van der Waals surface area contributed by atoms with Gasteiger partial charge < -0.3 is 20.4 Å². The van der Waals surface area contributed by atoms with Crippen molar-refractivity contribution < 1.29 is 30.0 Å². The molecule has 0 aromatic rings. The topological polar surface area (TPSA) is 115 Å². The molecule has 0 atom stereocenters. The molecule has 0 rings (SSSR count). The monoisotopic (exact) mass is 394 g/mol. The summed E-state index contributed by atoms with van der Waals surface area (Å²) in [5.41, 5.74) is 0. The van der Waals surface area contributed by atoms with Gasteiger partial charge in [-0.25, -0.2) is 0 Å². The standard InChI is InChI=1S/2C4H7BrO2.C2H6O2/c2*1-4(2,5)3(6)7;3-1-2-4/h2*1-2H3,(H,6,7);3-4H,1-2H2. The molecule has 18 heavy (non-hydrogen) atoms. The number of aliphatic carboxylic acids is 2. The Bertz CT molecular complexity index is 216. The second kappa shape index (κ2) is 10.7. The van der Waals surface area contributed by atoms with E-state index in [1.165, 1.54) is 0 Å². The summed E-state index contributed by atoms with van der Waals surface area (Å²) in [6.07, 6.45) is 0. The third-order valence-corrected chi connectivity index (χ3v) is 1.80. The molecule has 0 radical (unpaired) electrons. The van der Waals surface area contributed by atoms with Gasteiger partial charge in [0.05, 0.1) is 13.2 Å². The maximum Gasteiger partial charge on any atom is 0.319 e. The van der Waals surface area contributed by atoms with Gasteiger partial charge in [-0.15, -0.1) is 0 Å². The molecule has 0 aromatic carbocycles. The number of aliphatic hydroxyl groups excluding tert-OH is 2. The van der Waals surface area contributed by atoms with E-state index in [0.29, 0.717) is 0 Å². The van der Waals surface area contributed by atoms with Crippen molar-refractivity contribution in [3.05, 3.63) is 0 Å². The predicted molar refractivity (Wildman–Crippen MR) is 75.5 cm³/mol. The lowest BCUT2D eigenvalue weighted by atomic mass is 10.2. The molecule has 0 heterocycles. The molecule has 0 aliphatic rings. The number of halogens is 2. The van der Waals surface area contributed by atoms with Crippen LogP contribution in [0.15, 0.2) is 0 Å². The average molecular weight is 396 g/mol. The Balaban J connectivity index is -0.000000196. The minimum Gasteiger partial charge on any atom is -0.480 e. The van der Waals surface area contributed by atoms with Crippen LogP contribution in [-0.4, -0.2) is 54.2 Å². The van der Waals surface area contributed by atoms with Gasteiger partial charge in [0, 0.05) is 0 Å². The van der Waals surface area contributed by atoms with Crippen molar-refractivity contribution in [2.75, 3.05) is 13.2 Å². The van der Waals surface area contributed by atoms with E-state index in [-0.39, 0.29) is 13.2 Å². The van der Waals surface area contributed by atoms with Crippen molar-refractivity contribution >= 4 is 43.8 Å². The molecule has 4 N–H and O–H groups in total. The van der Waals surface area contributed by atoms with Crippen molar-refractivity contribution in [2.45, 2.75) is 36.3 Å². The maximum atomic E-state index is 9.97. The van der Waals surface area contributed by atoms with E-state index in [0.717, 1.165) is 0 Å². The van der Waals surface area contributed by atoms with Crippen molar-refractivity contribution in [3.63, 3.8) is 0 Å². The molecule has 0 aliphatic carbocycles. The van der Waals surface area contributed by atoms with Crippen LogP contribution in [0.3, 0.4) is 0 Å². The van der Waals surface area contributed by atoms with E-state index in [1.807, 2.05) is 0 Å². The third kappa shape index (κ3) is 21.1. The smallest absolute Gasteiger partial charge is 0.319 e. The van der Waals surface area contributed by atoms with Crippen LogP contribution in [0.5, 0.6) is 0 Å². The molecule has 0 saturated carbocycles. The summed E-state index contributed by atoms with van der Waals surface area (Å²) in [5.74, 6) is -1.68. The van der Waals surface area contributed by atoms with E-state index >= 15 is 0 Å². The van der Waals surface area contributed by atoms with Crippen LogP contribution in [0, 0.1) is 0 Å². The van der Waals surface area contributed by atoms with Crippen LogP contribution in [0.4, 0.5) is 0 Å². The first-order valence-electron chi connectivity index (χ1n) is 4.87. The summed E-state index contributed by atoms with van der Waals surface area (Å²) in [7, 11) is 0. The molecule has 6 nitrogen and oxygen atoms in total. The molecule has 0 fully saturated rings. The van der Waals surface area contributed by atoms with Crippen LogP contribution >= 0.6 is 31.9 Å². The first-order valence-corrected chi connectivity index (χ1v) is 6.45. The molecular weight excluding hydrogens is 376 g/mol. The molecule has 0 aliphatic heterocycles. The van der Waals surface area contributed by atoms with Crippen molar-refractivity contribution in [2.24, 2.45) is 0 Å². The molecule has 0 unspecified atom stereocenters. The molecule has 0 amide bonds. The molecular formula is C10H20Br2O6. The Kier molecular flexibility index (Phi) is 13.7. The molecule has 0 saturated heterocycles. The second-order valence-corrected chi connectivity index (χ2v) is 7.97. The fourth-order valence-electron chi connectivity index (χ4n) is 0. The Hall–Kier alpha value is -0.180. The van der Waals surface area contributed by atoms with Crippen molar-refractivity contribution in [1.82, 2.24) is 0 Å². The van der Waals surface area contributed by atoms with Crippen LogP contribution in [-0.2, 0) is 9.59 Å². The first-order chi connectivity index (χ1) is 7.80. The van der Waals surface area contributed by atoms with Gasteiger partial charge in [-0.3, -0.25) is 9.59 Å². The Morgan fingerprint density at radius 2 is 0.944 bits per heavy atom. The zero-order valence-corrected chi connectivity index (χ0v) is 13.9. The van der Waals surface area contributed by atoms with E-state index in [2.05, 4.69) is 31.9 Å². The first kappa shape index (κ1) is 23.0. The summed E-state index contributed by atoms with van der Waals surface area (Å²) in [5, 5.41) is 31.7. The molecule has 8 heteroatoms. The number of hydrogen-bond acceptors (Lipinski definition) is 4. The lowest BCUT2D eigenvalue weighted by Crippen LogP contribution is -2.22. The summed E-state index contributed by atoms with van der Waals surface area (Å²) in [6, 6.07) is 0. The fourth-order valence-corrected chi connectivity index (χ4v) is 0. The fraction of sp³-hybridized carbons (Fsp3) is 0.800. The minimum absolute atomic E-state index is 0.125. The normalized spacial score (nSPS) is 10.4. The molecule has 110 valence electrons. The number of carbonyl (C=O) groups is 2. The number of carboxylic acid groups (broad SMARTS) is 2. The number of hydrogen-bond donors (Lipinski definition) is 4. The minimum atomic E-state index is -0.840. The summed E-state index contributed by atoms with van der Waals surface area (Å²) < 4.78 is -1.54.